The topological polar surface area (TPSA) is 52.0 Å². The largest absolute Gasteiger partial charge is 0.453 e. The van der Waals surface area contributed by atoms with Gasteiger partial charge in [0.25, 0.3) is 0 Å². The first kappa shape index (κ1) is 16.5. The average Bonchev–Trinajstić information content (AvgIpc) is 3.30. The molecule has 0 aliphatic rings. The maximum absolute atomic E-state index is 14.2. The zero-order valence-electron chi connectivity index (χ0n) is 14.4. The second-order valence-electron chi connectivity index (χ2n) is 5.72. The molecule has 0 spiro atoms. The van der Waals surface area contributed by atoms with Crippen LogP contribution < -0.4 is 10.1 Å². The minimum absolute atomic E-state index is 0.182. The first-order chi connectivity index (χ1) is 12.7. The van der Waals surface area contributed by atoms with Crippen molar-refractivity contribution >= 4 is 27.2 Å². The Morgan fingerprint density at radius 2 is 2.08 bits per heavy atom. The molecule has 3 heterocycles. The van der Waals surface area contributed by atoms with Crippen LogP contribution >= 0.6 is 11.3 Å². The molecular weight excluding hydrogens is 351 g/mol. The van der Waals surface area contributed by atoms with E-state index in [-0.39, 0.29) is 5.75 Å². The van der Waals surface area contributed by atoms with E-state index in [0.29, 0.717) is 11.4 Å². The quantitative estimate of drug-likeness (QED) is 0.529. The van der Waals surface area contributed by atoms with E-state index in [1.54, 1.807) is 31.4 Å². The SMILES string of the molecule is CCn1cnc(-c2cc3nccc(Oc4ccc(NC)cc4F)c3s2)c1. The number of benzene rings is 1. The van der Waals surface area contributed by atoms with Crippen LogP contribution in [0.4, 0.5) is 10.1 Å². The zero-order chi connectivity index (χ0) is 18.1. The van der Waals surface area contributed by atoms with Gasteiger partial charge in [0.2, 0.25) is 0 Å². The highest BCUT2D eigenvalue weighted by Crippen LogP contribution is 2.39. The Bertz CT molecular complexity index is 1070. The van der Waals surface area contributed by atoms with Crippen LogP contribution in [0, 0.1) is 5.82 Å². The van der Waals surface area contributed by atoms with E-state index in [1.165, 1.54) is 17.4 Å². The number of thiophene rings is 1. The zero-order valence-corrected chi connectivity index (χ0v) is 15.2. The Morgan fingerprint density at radius 1 is 1.19 bits per heavy atom. The van der Waals surface area contributed by atoms with Crippen LogP contribution in [0.25, 0.3) is 20.8 Å². The molecule has 3 aromatic heterocycles. The second kappa shape index (κ2) is 6.76. The van der Waals surface area contributed by atoms with Crippen LogP contribution in [-0.4, -0.2) is 21.6 Å². The molecule has 0 bridgehead atoms. The summed E-state index contributed by atoms with van der Waals surface area (Å²) in [6.45, 7) is 2.93. The number of ether oxygens (including phenoxy) is 1. The van der Waals surface area contributed by atoms with Gasteiger partial charge in [-0.15, -0.1) is 11.3 Å². The van der Waals surface area contributed by atoms with Gasteiger partial charge in [0.15, 0.2) is 11.6 Å². The number of hydrogen-bond donors (Lipinski definition) is 1. The maximum Gasteiger partial charge on any atom is 0.167 e. The third-order valence-electron chi connectivity index (χ3n) is 4.07. The molecule has 0 fully saturated rings. The van der Waals surface area contributed by atoms with Crippen molar-refractivity contribution in [1.29, 1.82) is 0 Å². The average molecular weight is 368 g/mol. The van der Waals surface area contributed by atoms with Crippen LogP contribution in [0.15, 0.2) is 49.1 Å². The highest BCUT2D eigenvalue weighted by Gasteiger charge is 2.14. The molecule has 132 valence electrons. The Balaban J connectivity index is 1.71. The monoisotopic (exact) mass is 368 g/mol. The number of imidazole rings is 1. The van der Waals surface area contributed by atoms with Crippen LogP contribution in [0.3, 0.4) is 0 Å². The lowest BCUT2D eigenvalue weighted by Gasteiger charge is -2.08. The molecule has 26 heavy (non-hydrogen) atoms. The summed E-state index contributed by atoms with van der Waals surface area (Å²) in [6, 6.07) is 8.53. The predicted octanol–water partition coefficient (Wildman–Crippen LogP) is 5.15. The number of fused-ring (bicyclic) bond motifs is 1. The number of nitrogens with one attached hydrogen (secondary N) is 1. The Morgan fingerprint density at radius 3 is 2.81 bits per heavy atom. The molecule has 0 aliphatic carbocycles. The summed E-state index contributed by atoms with van der Waals surface area (Å²) in [5.41, 5.74) is 2.39. The Labute approximate surface area is 154 Å². The lowest BCUT2D eigenvalue weighted by atomic mass is 10.3. The smallest absolute Gasteiger partial charge is 0.167 e. The van der Waals surface area contributed by atoms with Crippen molar-refractivity contribution in [3.63, 3.8) is 0 Å². The summed E-state index contributed by atoms with van der Waals surface area (Å²) in [6.07, 6.45) is 5.48. The van der Waals surface area contributed by atoms with Crippen LogP contribution in [0.2, 0.25) is 0 Å². The molecule has 1 aromatic carbocycles. The molecular formula is C19H17FN4OS. The molecule has 0 amide bonds. The van der Waals surface area contributed by atoms with Crippen LogP contribution in [-0.2, 0) is 6.54 Å². The van der Waals surface area contributed by atoms with Crippen LogP contribution in [0.1, 0.15) is 6.92 Å². The first-order valence-corrected chi connectivity index (χ1v) is 9.05. The van der Waals surface area contributed by atoms with E-state index in [4.69, 9.17) is 4.74 Å². The first-order valence-electron chi connectivity index (χ1n) is 8.23. The van der Waals surface area contributed by atoms with E-state index < -0.39 is 5.82 Å². The van der Waals surface area contributed by atoms with Gasteiger partial charge in [-0.3, -0.25) is 4.98 Å². The maximum atomic E-state index is 14.2. The molecule has 0 aliphatic heterocycles. The molecule has 0 saturated carbocycles. The van der Waals surface area contributed by atoms with E-state index in [9.17, 15) is 4.39 Å². The second-order valence-corrected chi connectivity index (χ2v) is 6.77. The Kier molecular flexibility index (Phi) is 4.30. The van der Waals surface area contributed by atoms with Gasteiger partial charge in [-0.05, 0) is 25.1 Å². The van der Waals surface area contributed by atoms with Crippen molar-refractivity contribution in [3.05, 3.63) is 54.9 Å². The molecule has 5 nitrogen and oxygen atoms in total. The summed E-state index contributed by atoms with van der Waals surface area (Å²) in [7, 11) is 1.74. The standard InChI is InChI=1S/C19H17FN4OS/c1-3-24-10-15(23-11-24)18-9-14-19(26-18)17(6-7-22-14)25-16-5-4-12(21-2)8-13(16)20/h4-11,21H,3H2,1-2H3. The molecule has 0 radical (unpaired) electrons. The summed E-state index contributed by atoms with van der Waals surface area (Å²) in [5.74, 6) is 0.347. The molecule has 7 heteroatoms. The summed E-state index contributed by atoms with van der Waals surface area (Å²) < 4.78 is 23.0. The van der Waals surface area contributed by atoms with Crippen molar-refractivity contribution in [3.8, 4) is 22.1 Å². The van der Waals surface area contributed by atoms with Crippen molar-refractivity contribution in [2.45, 2.75) is 13.5 Å². The number of rotatable bonds is 5. The number of hydrogen-bond acceptors (Lipinski definition) is 5. The molecule has 1 N–H and O–H groups in total. The summed E-state index contributed by atoms with van der Waals surface area (Å²) in [5, 5.41) is 2.90. The van der Waals surface area contributed by atoms with E-state index >= 15 is 0 Å². The van der Waals surface area contributed by atoms with Crippen molar-refractivity contribution < 1.29 is 9.13 Å². The van der Waals surface area contributed by atoms with Gasteiger partial charge >= 0.3 is 0 Å². The minimum atomic E-state index is -0.416. The number of aromatic nitrogens is 3. The number of nitrogens with zero attached hydrogens (tertiary/aromatic N) is 3. The summed E-state index contributed by atoms with van der Waals surface area (Å²) >= 11 is 1.54. The number of pyridine rings is 1. The van der Waals surface area contributed by atoms with E-state index in [0.717, 1.165) is 27.3 Å². The lowest BCUT2D eigenvalue weighted by Crippen LogP contribution is -1.92. The highest BCUT2D eigenvalue weighted by molar-refractivity contribution is 7.22. The Hall–Kier alpha value is -2.93. The van der Waals surface area contributed by atoms with Gasteiger partial charge in [-0.1, -0.05) is 0 Å². The molecule has 4 rings (SSSR count). The molecule has 0 saturated heterocycles. The third-order valence-corrected chi connectivity index (χ3v) is 5.23. The van der Waals surface area contributed by atoms with E-state index in [1.807, 2.05) is 23.2 Å². The van der Waals surface area contributed by atoms with Gasteiger partial charge < -0.3 is 14.6 Å². The minimum Gasteiger partial charge on any atom is -0.453 e. The van der Waals surface area contributed by atoms with Gasteiger partial charge in [0, 0.05) is 43.8 Å². The molecule has 0 unspecified atom stereocenters. The number of anilines is 1. The van der Waals surface area contributed by atoms with Gasteiger partial charge in [-0.2, -0.15) is 0 Å². The van der Waals surface area contributed by atoms with Crippen molar-refractivity contribution in [2.24, 2.45) is 0 Å². The van der Waals surface area contributed by atoms with E-state index in [2.05, 4.69) is 22.2 Å². The normalized spacial score (nSPS) is 11.0. The van der Waals surface area contributed by atoms with Gasteiger partial charge in [0.05, 0.1) is 27.1 Å². The third kappa shape index (κ3) is 3.01. The summed E-state index contributed by atoms with van der Waals surface area (Å²) in [4.78, 5) is 9.84. The van der Waals surface area contributed by atoms with Crippen LogP contribution in [0.5, 0.6) is 11.5 Å². The van der Waals surface area contributed by atoms with Crippen molar-refractivity contribution in [2.75, 3.05) is 12.4 Å². The van der Waals surface area contributed by atoms with Gasteiger partial charge in [-0.25, -0.2) is 9.37 Å². The number of aryl methyl sites for hydroxylation is 1. The van der Waals surface area contributed by atoms with Crippen molar-refractivity contribution in [1.82, 2.24) is 14.5 Å². The fourth-order valence-electron chi connectivity index (χ4n) is 2.64. The lowest BCUT2D eigenvalue weighted by molar-refractivity contribution is 0.447. The molecule has 0 atom stereocenters. The highest BCUT2D eigenvalue weighted by atomic mass is 32.1. The van der Waals surface area contributed by atoms with Gasteiger partial charge in [0.1, 0.15) is 5.75 Å². The molecule has 4 aromatic rings. The number of halogens is 1. The fourth-order valence-corrected chi connectivity index (χ4v) is 3.67. The predicted molar refractivity (Wildman–Crippen MR) is 103 cm³/mol. The fraction of sp³-hybridized carbons (Fsp3) is 0.158.